The number of ether oxygens (including phenoxy) is 1. The molecule has 0 spiro atoms. The van der Waals surface area contributed by atoms with Crippen LogP contribution < -0.4 is 10.6 Å². The molecule has 2 amide bonds. The maximum absolute atomic E-state index is 12.9. The second-order valence-corrected chi connectivity index (χ2v) is 8.10. The van der Waals surface area contributed by atoms with Crippen LogP contribution in [0, 0.1) is 5.92 Å². The van der Waals surface area contributed by atoms with Gasteiger partial charge in [-0.2, -0.15) is 0 Å². The molecule has 154 valence electrons. The minimum absolute atomic E-state index is 0.0786. The topological polar surface area (TPSA) is 73.9 Å². The number of carbonyl (C=O) groups excluding carboxylic acids is 2. The maximum atomic E-state index is 12.9. The molecule has 27 heavy (non-hydrogen) atoms. The predicted octanol–water partition coefficient (Wildman–Crippen LogP) is 0.594. The molecule has 1 saturated carbocycles. The van der Waals surface area contributed by atoms with E-state index in [0.717, 1.165) is 65.1 Å². The van der Waals surface area contributed by atoms with Crippen molar-refractivity contribution in [2.24, 2.45) is 5.92 Å². The van der Waals surface area contributed by atoms with Gasteiger partial charge in [-0.3, -0.25) is 19.4 Å². The lowest BCUT2D eigenvalue weighted by molar-refractivity contribution is -0.133. The Kier molecular flexibility index (Phi) is 7.91. The first-order chi connectivity index (χ1) is 13.2. The monoisotopic (exact) mass is 380 g/mol. The van der Waals surface area contributed by atoms with Crippen LogP contribution in [0.5, 0.6) is 0 Å². The van der Waals surface area contributed by atoms with Crippen LogP contribution in [-0.4, -0.2) is 86.7 Å². The first-order valence-corrected chi connectivity index (χ1v) is 10.8. The number of nitrogens with zero attached hydrogens (tertiary/aromatic N) is 2. The Hall–Kier alpha value is -1.18. The fourth-order valence-electron chi connectivity index (χ4n) is 4.92. The zero-order chi connectivity index (χ0) is 19.1. The SMILES string of the molecule is CNC(=O)[C@@H](C1CCCCC1)N1CCC[C@H]1C(=O)NCCN1CCOCC1. The second kappa shape index (κ2) is 10.4. The van der Waals surface area contributed by atoms with Crippen LogP contribution in [0.25, 0.3) is 0 Å². The standard InChI is InChI=1S/C20H36N4O3/c1-21-20(26)18(16-6-3-2-4-7-16)24-10-5-8-17(24)19(25)22-9-11-23-12-14-27-15-13-23/h16-18H,2-15H2,1H3,(H,21,26)(H,22,25)/t17-,18+/m0/s1. The molecule has 3 aliphatic rings. The highest BCUT2D eigenvalue weighted by Crippen LogP contribution is 2.33. The predicted molar refractivity (Wildman–Crippen MR) is 104 cm³/mol. The molecule has 2 saturated heterocycles. The van der Waals surface area contributed by atoms with E-state index in [1.54, 1.807) is 7.05 Å². The summed E-state index contributed by atoms with van der Waals surface area (Å²) in [7, 11) is 1.71. The van der Waals surface area contributed by atoms with Crippen LogP contribution in [0.15, 0.2) is 0 Å². The third-order valence-electron chi connectivity index (χ3n) is 6.40. The zero-order valence-electron chi connectivity index (χ0n) is 16.8. The Morgan fingerprint density at radius 2 is 1.78 bits per heavy atom. The van der Waals surface area contributed by atoms with E-state index < -0.39 is 0 Å². The minimum Gasteiger partial charge on any atom is -0.379 e. The van der Waals surface area contributed by atoms with Crippen LogP contribution >= 0.6 is 0 Å². The van der Waals surface area contributed by atoms with Gasteiger partial charge in [-0.1, -0.05) is 19.3 Å². The van der Waals surface area contributed by atoms with Crippen molar-refractivity contribution in [1.82, 2.24) is 20.4 Å². The Bertz CT molecular complexity index is 490. The van der Waals surface area contributed by atoms with Gasteiger partial charge in [0.2, 0.25) is 11.8 Å². The molecule has 2 N–H and O–H groups in total. The van der Waals surface area contributed by atoms with Crippen LogP contribution in [0.3, 0.4) is 0 Å². The molecule has 3 rings (SSSR count). The summed E-state index contributed by atoms with van der Waals surface area (Å²) in [4.78, 5) is 30.1. The van der Waals surface area contributed by atoms with Gasteiger partial charge in [-0.05, 0) is 38.1 Å². The third kappa shape index (κ3) is 5.42. The van der Waals surface area contributed by atoms with E-state index in [1.165, 1.54) is 19.3 Å². The van der Waals surface area contributed by atoms with Crippen molar-refractivity contribution < 1.29 is 14.3 Å². The van der Waals surface area contributed by atoms with E-state index in [2.05, 4.69) is 20.4 Å². The van der Waals surface area contributed by atoms with Crippen LogP contribution in [0.1, 0.15) is 44.9 Å². The van der Waals surface area contributed by atoms with E-state index in [9.17, 15) is 9.59 Å². The summed E-state index contributed by atoms with van der Waals surface area (Å²) in [6.45, 7) is 5.80. The van der Waals surface area contributed by atoms with Crippen molar-refractivity contribution in [3.63, 3.8) is 0 Å². The molecular formula is C20H36N4O3. The lowest BCUT2D eigenvalue weighted by Gasteiger charge is -2.38. The Balaban J connectivity index is 1.56. The molecule has 3 fully saturated rings. The van der Waals surface area contributed by atoms with Crippen molar-refractivity contribution in [3.8, 4) is 0 Å². The van der Waals surface area contributed by atoms with Gasteiger partial charge < -0.3 is 15.4 Å². The van der Waals surface area contributed by atoms with Crippen molar-refractivity contribution >= 4 is 11.8 Å². The van der Waals surface area contributed by atoms with Gasteiger partial charge in [0.1, 0.15) is 0 Å². The molecule has 0 aromatic rings. The normalized spacial score (nSPS) is 26.6. The van der Waals surface area contributed by atoms with Crippen LogP contribution in [-0.2, 0) is 14.3 Å². The van der Waals surface area contributed by atoms with E-state index >= 15 is 0 Å². The van der Waals surface area contributed by atoms with Gasteiger partial charge in [0.15, 0.2) is 0 Å². The second-order valence-electron chi connectivity index (χ2n) is 8.10. The summed E-state index contributed by atoms with van der Waals surface area (Å²) in [6, 6.07) is -0.327. The summed E-state index contributed by atoms with van der Waals surface area (Å²) in [5, 5.41) is 5.98. The minimum atomic E-state index is -0.168. The molecule has 0 radical (unpaired) electrons. The lowest BCUT2D eigenvalue weighted by atomic mass is 9.82. The molecule has 0 aromatic carbocycles. The smallest absolute Gasteiger partial charge is 0.237 e. The largest absolute Gasteiger partial charge is 0.379 e. The van der Waals surface area contributed by atoms with Gasteiger partial charge >= 0.3 is 0 Å². The summed E-state index contributed by atoms with van der Waals surface area (Å²) >= 11 is 0. The number of hydrogen-bond donors (Lipinski definition) is 2. The fraction of sp³-hybridized carbons (Fsp3) is 0.900. The van der Waals surface area contributed by atoms with E-state index in [0.29, 0.717) is 12.5 Å². The number of likely N-dealkylation sites (tertiary alicyclic amines) is 1. The highest BCUT2D eigenvalue weighted by molar-refractivity contribution is 5.85. The van der Waals surface area contributed by atoms with Crippen LogP contribution in [0.2, 0.25) is 0 Å². The highest BCUT2D eigenvalue weighted by atomic mass is 16.5. The number of rotatable bonds is 7. The van der Waals surface area contributed by atoms with Crippen LogP contribution in [0.4, 0.5) is 0 Å². The van der Waals surface area contributed by atoms with E-state index in [4.69, 9.17) is 4.74 Å². The van der Waals surface area contributed by atoms with Crippen molar-refractivity contribution in [3.05, 3.63) is 0 Å². The summed E-state index contributed by atoms with van der Waals surface area (Å²) in [5.74, 6) is 0.542. The van der Waals surface area contributed by atoms with Gasteiger partial charge in [0, 0.05) is 33.2 Å². The lowest BCUT2D eigenvalue weighted by Crippen LogP contribution is -2.56. The van der Waals surface area contributed by atoms with Crippen molar-refractivity contribution in [2.45, 2.75) is 57.0 Å². The fourth-order valence-corrected chi connectivity index (χ4v) is 4.92. The number of likely N-dealkylation sites (N-methyl/N-ethyl adjacent to an activating group) is 1. The zero-order valence-corrected chi connectivity index (χ0v) is 16.8. The Morgan fingerprint density at radius 1 is 1.04 bits per heavy atom. The molecule has 0 aromatic heterocycles. The molecule has 1 aliphatic carbocycles. The summed E-state index contributed by atoms with van der Waals surface area (Å²) in [5.41, 5.74) is 0. The first-order valence-electron chi connectivity index (χ1n) is 10.8. The van der Waals surface area contributed by atoms with Gasteiger partial charge in [0.05, 0.1) is 25.3 Å². The number of nitrogens with one attached hydrogen (secondary N) is 2. The molecule has 2 heterocycles. The van der Waals surface area contributed by atoms with Crippen molar-refractivity contribution in [1.29, 1.82) is 0 Å². The average molecular weight is 381 g/mol. The average Bonchev–Trinajstić information content (AvgIpc) is 3.19. The molecule has 7 heteroatoms. The number of carbonyl (C=O) groups is 2. The molecule has 2 aliphatic heterocycles. The highest BCUT2D eigenvalue weighted by Gasteiger charge is 2.42. The van der Waals surface area contributed by atoms with E-state index in [1.807, 2.05) is 0 Å². The Labute approximate surface area is 163 Å². The molecule has 2 atom stereocenters. The third-order valence-corrected chi connectivity index (χ3v) is 6.40. The van der Waals surface area contributed by atoms with Crippen molar-refractivity contribution in [2.75, 3.05) is 53.0 Å². The summed E-state index contributed by atoms with van der Waals surface area (Å²) in [6.07, 6.45) is 7.69. The molecular weight excluding hydrogens is 344 g/mol. The molecule has 0 bridgehead atoms. The molecule has 7 nitrogen and oxygen atoms in total. The quantitative estimate of drug-likeness (QED) is 0.676. The Morgan fingerprint density at radius 3 is 2.48 bits per heavy atom. The maximum Gasteiger partial charge on any atom is 0.237 e. The van der Waals surface area contributed by atoms with Gasteiger partial charge in [-0.15, -0.1) is 0 Å². The molecule has 0 unspecified atom stereocenters. The van der Waals surface area contributed by atoms with Gasteiger partial charge in [0.25, 0.3) is 0 Å². The van der Waals surface area contributed by atoms with Gasteiger partial charge in [-0.25, -0.2) is 0 Å². The van der Waals surface area contributed by atoms with E-state index in [-0.39, 0.29) is 23.9 Å². The summed E-state index contributed by atoms with van der Waals surface area (Å²) < 4.78 is 5.37. The number of hydrogen-bond acceptors (Lipinski definition) is 5. The number of morpholine rings is 1. The first kappa shape index (κ1) is 20.6. The number of amides is 2.